The van der Waals surface area contributed by atoms with Crippen LogP contribution >= 0.6 is 15.9 Å². The van der Waals surface area contributed by atoms with Crippen molar-refractivity contribution in [1.29, 1.82) is 0 Å². The van der Waals surface area contributed by atoms with Crippen LogP contribution in [0.4, 0.5) is 0 Å². The van der Waals surface area contributed by atoms with Gasteiger partial charge in [0, 0.05) is 17.6 Å². The fraction of sp³-hybridized carbons (Fsp3) is 0.350. The molecule has 0 radical (unpaired) electrons. The van der Waals surface area contributed by atoms with Crippen LogP contribution in [-0.2, 0) is 13.1 Å². The molecule has 0 aliphatic carbocycles. The van der Waals surface area contributed by atoms with E-state index >= 15 is 0 Å². The summed E-state index contributed by atoms with van der Waals surface area (Å²) < 4.78 is 0.819. The van der Waals surface area contributed by atoms with Crippen molar-refractivity contribution >= 4 is 21.8 Å². The van der Waals surface area contributed by atoms with Crippen LogP contribution in [0.15, 0.2) is 53.0 Å². The Morgan fingerprint density at radius 2 is 1.62 bits per heavy atom. The fourth-order valence-electron chi connectivity index (χ4n) is 3.06. The molecule has 126 valence electrons. The van der Waals surface area contributed by atoms with Gasteiger partial charge in [-0.25, -0.2) is 0 Å². The maximum Gasteiger partial charge on any atom is 0.252 e. The summed E-state index contributed by atoms with van der Waals surface area (Å²) in [6.07, 6.45) is 4.00. The summed E-state index contributed by atoms with van der Waals surface area (Å²) in [6.45, 7) is 4.00. The number of hydrogen-bond acceptors (Lipinski definition) is 2. The first-order valence-electron chi connectivity index (χ1n) is 8.55. The van der Waals surface area contributed by atoms with E-state index in [1.807, 2.05) is 24.3 Å². The third kappa shape index (κ3) is 4.68. The first-order chi connectivity index (χ1) is 11.7. The largest absolute Gasteiger partial charge is 0.348 e. The van der Waals surface area contributed by atoms with Crippen LogP contribution in [0.3, 0.4) is 0 Å². The van der Waals surface area contributed by atoms with Crippen LogP contribution in [0, 0.1) is 0 Å². The number of rotatable bonds is 5. The number of nitrogens with zero attached hydrogens (tertiary/aromatic N) is 1. The third-order valence-corrected chi connectivity index (χ3v) is 5.14. The molecule has 1 aliphatic rings. The van der Waals surface area contributed by atoms with Gasteiger partial charge in [0.25, 0.3) is 5.91 Å². The molecule has 0 saturated carbocycles. The van der Waals surface area contributed by atoms with Gasteiger partial charge >= 0.3 is 0 Å². The zero-order chi connectivity index (χ0) is 16.8. The van der Waals surface area contributed by atoms with Crippen LogP contribution in [0.25, 0.3) is 0 Å². The van der Waals surface area contributed by atoms with Gasteiger partial charge in [-0.2, -0.15) is 0 Å². The lowest BCUT2D eigenvalue weighted by molar-refractivity contribution is 0.0950. The Morgan fingerprint density at radius 1 is 0.958 bits per heavy atom. The molecule has 0 aromatic heterocycles. The number of benzene rings is 2. The van der Waals surface area contributed by atoms with Crippen LogP contribution in [0.2, 0.25) is 0 Å². The van der Waals surface area contributed by atoms with Gasteiger partial charge in [-0.1, -0.05) is 42.8 Å². The normalized spacial score (nSPS) is 15.2. The Balaban J connectivity index is 1.52. The van der Waals surface area contributed by atoms with Crippen molar-refractivity contribution < 1.29 is 4.79 Å². The Labute approximate surface area is 152 Å². The summed E-state index contributed by atoms with van der Waals surface area (Å²) >= 11 is 3.41. The van der Waals surface area contributed by atoms with E-state index in [0.717, 1.165) is 16.6 Å². The second-order valence-electron chi connectivity index (χ2n) is 6.32. The SMILES string of the molecule is O=C(NCc1ccc(CN2CCCCC2)cc1)c1ccccc1Br. The van der Waals surface area contributed by atoms with Crippen molar-refractivity contribution in [3.05, 3.63) is 69.7 Å². The van der Waals surface area contributed by atoms with Crippen molar-refractivity contribution in [2.45, 2.75) is 32.4 Å². The number of hydrogen-bond donors (Lipinski definition) is 1. The second-order valence-corrected chi connectivity index (χ2v) is 7.17. The smallest absolute Gasteiger partial charge is 0.252 e. The first-order valence-corrected chi connectivity index (χ1v) is 9.34. The predicted molar refractivity (Wildman–Crippen MR) is 101 cm³/mol. The molecule has 1 fully saturated rings. The summed E-state index contributed by atoms with van der Waals surface area (Å²) in [5, 5.41) is 2.98. The molecule has 4 heteroatoms. The van der Waals surface area contributed by atoms with Gasteiger partial charge < -0.3 is 5.32 Å². The van der Waals surface area contributed by atoms with E-state index in [-0.39, 0.29) is 5.91 Å². The molecule has 1 saturated heterocycles. The highest BCUT2D eigenvalue weighted by Gasteiger charge is 2.11. The van der Waals surface area contributed by atoms with Gasteiger partial charge in [-0.3, -0.25) is 9.69 Å². The van der Waals surface area contributed by atoms with Gasteiger partial charge in [-0.15, -0.1) is 0 Å². The number of halogens is 1. The molecule has 0 spiro atoms. The molecule has 0 atom stereocenters. The van der Waals surface area contributed by atoms with E-state index < -0.39 is 0 Å². The third-order valence-electron chi connectivity index (χ3n) is 4.45. The average Bonchev–Trinajstić information content (AvgIpc) is 2.62. The Morgan fingerprint density at radius 3 is 2.33 bits per heavy atom. The summed E-state index contributed by atoms with van der Waals surface area (Å²) in [5.41, 5.74) is 3.13. The summed E-state index contributed by atoms with van der Waals surface area (Å²) in [6, 6.07) is 16.0. The molecule has 2 aromatic rings. The lowest BCUT2D eigenvalue weighted by Gasteiger charge is -2.26. The van der Waals surface area contributed by atoms with E-state index in [2.05, 4.69) is 50.4 Å². The lowest BCUT2D eigenvalue weighted by atomic mass is 10.1. The maximum atomic E-state index is 12.2. The maximum absolute atomic E-state index is 12.2. The summed E-state index contributed by atoms with van der Waals surface area (Å²) in [4.78, 5) is 14.7. The van der Waals surface area contributed by atoms with Gasteiger partial charge in [-0.05, 0) is 65.1 Å². The zero-order valence-electron chi connectivity index (χ0n) is 13.8. The lowest BCUT2D eigenvalue weighted by Crippen LogP contribution is -2.29. The van der Waals surface area contributed by atoms with Gasteiger partial charge in [0.05, 0.1) is 5.56 Å². The van der Waals surface area contributed by atoms with Crippen molar-refractivity contribution in [1.82, 2.24) is 10.2 Å². The fourth-order valence-corrected chi connectivity index (χ4v) is 3.53. The first kappa shape index (κ1) is 17.2. The molecule has 0 unspecified atom stereocenters. The Hall–Kier alpha value is -1.65. The number of nitrogens with one attached hydrogen (secondary N) is 1. The minimum atomic E-state index is -0.0557. The highest BCUT2D eigenvalue weighted by Crippen LogP contribution is 2.16. The van der Waals surface area contributed by atoms with E-state index in [4.69, 9.17) is 0 Å². The van der Waals surface area contributed by atoms with E-state index in [9.17, 15) is 4.79 Å². The highest BCUT2D eigenvalue weighted by molar-refractivity contribution is 9.10. The molecule has 1 amide bonds. The molecule has 1 aliphatic heterocycles. The predicted octanol–water partition coefficient (Wildman–Crippen LogP) is 4.37. The quantitative estimate of drug-likeness (QED) is 0.827. The van der Waals surface area contributed by atoms with Gasteiger partial charge in [0.15, 0.2) is 0 Å². The van der Waals surface area contributed by atoms with Crippen molar-refractivity contribution in [3.63, 3.8) is 0 Å². The summed E-state index contributed by atoms with van der Waals surface area (Å²) in [7, 11) is 0. The molecule has 3 rings (SSSR count). The molecule has 0 bridgehead atoms. The molecule has 1 heterocycles. The zero-order valence-corrected chi connectivity index (χ0v) is 15.4. The summed E-state index contributed by atoms with van der Waals surface area (Å²) in [5.74, 6) is -0.0557. The molecule has 24 heavy (non-hydrogen) atoms. The minimum absolute atomic E-state index is 0.0557. The number of likely N-dealkylation sites (tertiary alicyclic amines) is 1. The standard InChI is InChI=1S/C20H23BrN2O/c21-19-7-3-2-6-18(19)20(24)22-14-16-8-10-17(11-9-16)15-23-12-4-1-5-13-23/h2-3,6-11H,1,4-5,12-15H2,(H,22,24). The Bertz CT molecular complexity index is 678. The minimum Gasteiger partial charge on any atom is -0.348 e. The van der Waals surface area contributed by atoms with Gasteiger partial charge in [0.1, 0.15) is 0 Å². The highest BCUT2D eigenvalue weighted by atomic mass is 79.9. The Kier molecular flexibility index (Phi) is 6.05. The van der Waals surface area contributed by atoms with Crippen molar-refractivity contribution in [2.75, 3.05) is 13.1 Å². The van der Waals surface area contributed by atoms with E-state index in [1.165, 1.54) is 37.9 Å². The van der Waals surface area contributed by atoms with Crippen LogP contribution in [-0.4, -0.2) is 23.9 Å². The molecule has 3 nitrogen and oxygen atoms in total. The number of piperidine rings is 1. The molecular weight excluding hydrogens is 364 g/mol. The van der Waals surface area contributed by atoms with Crippen LogP contribution in [0.5, 0.6) is 0 Å². The second kappa shape index (κ2) is 8.45. The molecule has 2 aromatic carbocycles. The average molecular weight is 387 g/mol. The topological polar surface area (TPSA) is 32.3 Å². The molecule has 1 N–H and O–H groups in total. The number of amides is 1. The van der Waals surface area contributed by atoms with Gasteiger partial charge in [0.2, 0.25) is 0 Å². The van der Waals surface area contributed by atoms with Crippen molar-refractivity contribution in [2.24, 2.45) is 0 Å². The van der Waals surface area contributed by atoms with E-state index in [1.54, 1.807) is 0 Å². The van der Waals surface area contributed by atoms with Crippen molar-refractivity contribution in [3.8, 4) is 0 Å². The van der Waals surface area contributed by atoms with Crippen LogP contribution in [0.1, 0.15) is 40.7 Å². The number of carbonyl (C=O) groups is 1. The van der Waals surface area contributed by atoms with E-state index in [0.29, 0.717) is 12.1 Å². The monoisotopic (exact) mass is 386 g/mol. The van der Waals surface area contributed by atoms with Crippen LogP contribution < -0.4 is 5.32 Å². The number of carbonyl (C=O) groups excluding carboxylic acids is 1. The molecular formula is C20H23BrN2O.